The molecule has 0 aromatic heterocycles. The van der Waals surface area contributed by atoms with Crippen molar-refractivity contribution in [2.75, 3.05) is 16.8 Å². The first-order valence-corrected chi connectivity index (χ1v) is 9.47. The molecule has 7 heteroatoms. The van der Waals surface area contributed by atoms with E-state index in [0.717, 1.165) is 16.1 Å². The largest absolute Gasteiger partial charge is 0.453 e. The van der Waals surface area contributed by atoms with E-state index in [9.17, 15) is 14.4 Å². The highest BCUT2D eigenvalue weighted by Gasteiger charge is 2.58. The zero-order valence-electron chi connectivity index (χ0n) is 14.7. The molecule has 6 nitrogen and oxygen atoms in total. The number of hydrogen-bond acceptors (Lipinski definition) is 5. The number of para-hydroxylation sites is 2. The Balaban J connectivity index is 1.46. The number of rotatable bonds is 4. The maximum Gasteiger partial charge on any atom is 0.344 e. The maximum absolute atomic E-state index is 12.9. The Kier molecular flexibility index (Phi) is 4.39. The second-order valence-corrected chi connectivity index (χ2v) is 7.84. The third kappa shape index (κ3) is 2.98. The molecule has 2 heterocycles. The lowest BCUT2D eigenvalue weighted by Crippen LogP contribution is -2.48. The fourth-order valence-electron chi connectivity index (χ4n) is 3.42. The number of ether oxygens (including phenoxy) is 1. The lowest BCUT2D eigenvalue weighted by atomic mass is 10.2. The SMILES string of the molecule is Cc1ccccc1NC(=O)COC(=O)[C@]12CCC(=O)N1c1ccccc1S2. The van der Waals surface area contributed by atoms with Crippen LogP contribution in [-0.2, 0) is 19.1 Å². The maximum atomic E-state index is 12.9. The fraction of sp³-hybridized carbons (Fsp3) is 0.250. The molecular formula is C20H18N2O4S. The van der Waals surface area contributed by atoms with Gasteiger partial charge in [-0.15, -0.1) is 0 Å². The Morgan fingerprint density at radius 3 is 2.74 bits per heavy atom. The van der Waals surface area contributed by atoms with Crippen molar-refractivity contribution in [3.63, 3.8) is 0 Å². The third-order valence-corrected chi connectivity index (χ3v) is 6.20. The van der Waals surface area contributed by atoms with Crippen LogP contribution in [0.2, 0.25) is 0 Å². The van der Waals surface area contributed by atoms with Gasteiger partial charge in [0.1, 0.15) is 0 Å². The molecule has 0 unspecified atom stereocenters. The van der Waals surface area contributed by atoms with Gasteiger partial charge in [0.05, 0.1) is 5.69 Å². The van der Waals surface area contributed by atoms with Gasteiger partial charge in [-0.2, -0.15) is 0 Å². The number of hydrogen-bond donors (Lipinski definition) is 1. The molecule has 0 spiro atoms. The third-order valence-electron chi connectivity index (χ3n) is 4.75. The molecule has 2 aromatic rings. The van der Waals surface area contributed by atoms with Crippen molar-refractivity contribution < 1.29 is 19.1 Å². The normalized spacial score (nSPS) is 20.2. The van der Waals surface area contributed by atoms with E-state index in [-0.39, 0.29) is 12.3 Å². The van der Waals surface area contributed by atoms with E-state index >= 15 is 0 Å². The number of esters is 1. The standard InChI is InChI=1S/C20H18N2O4S/c1-13-6-2-3-7-14(13)21-17(23)12-26-19(25)20-11-10-18(24)22(20)15-8-4-5-9-16(15)27-20/h2-9H,10-12H2,1H3,(H,21,23)/t20-/m1/s1. The van der Waals surface area contributed by atoms with Crippen LogP contribution in [0, 0.1) is 6.92 Å². The molecule has 1 fully saturated rings. The minimum absolute atomic E-state index is 0.103. The highest BCUT2D eigenvalue weighted by Crippen LogP contribution is 2.56. The van der Waals surface area contributed by atoms with Gasteiger partial charge >= 0.3 is 5.97 Å². The molecule has 1 N–H and O–H groups in total. The van der Waals surface area contributed by atoms with E-state index in [1.54, 1.807) is 6.07 Å². The highest BCUT2D eigenvalue weighted by molar-refractivity contribution is 8.02. The molecule has 2 aromatic carbocycles. The summed E-state index contributed by atoms with van der Waals surface area (Å²) in [5.74, 6) is -1.08. The molecule has 1 saturated heterocycles. The van der Waals surface area contributed by atoms with Crippen molar-refractivity contribution in [2.24, 2.45) is 0 Å². The van der Waals surface area contributed by atoms with E-state index in [2.05, 4.69) is 5.32 Å². The predicted octanol–water partition coefficient (Wildman–Crippen LogP) is 3.11. The first-order chi connectivity index (χ1) is 13.0. The summed E-state index contributed by atoms with van der Waals surface area (Å²) >= 11 is 1.32. The lowest BCUT2D eigenvalue weighted by molar-refractivity contribution is -0.149. The number of nitrogens with one attached hydrogen (secondary N) is 1. The van der Waals surface area contributed by atoms with Gasteiger partial charge in [-0.1, -0.05) is 42.1 Å². The molecule has 0 aliphatic carbocycles. The Bertz CT molecular complexity index is 945. The summed E-state index contributed by atoms with van der Waals surface area (Å²) in [6.07, 6.45) is 0.648. The molecule has 2 aliphatic heterocycles. The molecule has 4 rings (SSSR count). The quantitative estimate of drug-likeness (QED) is 0.823. The number of amides is 2. The van der Waals surface area contributed by atoms with Crippen LogP contribution in [0.3, 0.4) is 0 Å². The van der Waals surface area contributed by atoms with Crippen LogP contribution >= 0.6 is 11.8 Å². The fourth-order valence-corrected chi connectivity index (χ4v) is 4.83. The first kappa shape index (κ1) is 17.6. The molecule has 1 atom stereocenters. The Morgan fingerprint density at radius 2 is 1.93 bits per heavy atom. The van der Waals surface area contributed by atoms with Gasteiger partial charge < -0.3 is 10.1 Å². The van der Waals surface area contributed by atoms with Crippen molar-refractivity contribution in [2.45, 2.75) is 29.5 Å². The van der Waals surface area contributed by atoms with E-state index < -0.39 is 23.4 Å². The summed E-state index contributed by atoms with van der Waals surface area (Å²) in [7, 11) is 0. The molecule has 0 bridgehead atoms. The summed E-state index contributed by atoms with van der Waals surface area (Å²) < 4.78 is 5.32. The summed E-state index contributed by atoms with van der Waals surface area (Å²) in [6.45, 7) is 1.49. The summed E-state index contributed by atoms with van der Waals surface area (Å²) in [4.78, 5) is 38.7. The first-order valence-electron chi connectivity index (χ1n) is 8.65. The van der Waals surface area contributed by atoms with E-state index in [4.69, 9.17) is 4.74 Å². The van der Waals surface area contributed by atoms with Crippen LogP contribution in [0.5, 0.6) is 0 Å². The van der Waals surface area contributed by atoms with Gasteiger partial charge in [0.25, 0.3) is 5.91 Å². The molecular weight excluding hydrogens is 364 g/mol. The van der Waals surface area contributed by atoms with E-state index in [0.29, 0.717) is 12.1 Å². The highest BCUT2D eigenvalue weighted by atomic mass is 32.2. The van der Waals surface area contributed by atoms with Crippen LogP contribution in [0.25, 0.3) is 0 Å². The Morgan fingerprint density at radius 1 is 1.19 bits per heavy atom. The van der Waals surface area contributed by atoms with Gasteiger partial charge in [0.2, 0.25) is 5.91 Å². The molecule has 27 heavy (non-hydrogen) atoms. The number of carbonyl (C=O) groups is 3. The van der Waals surface area contributed by atoms with Crippen molar-refractivity contribution in [1.29, 1.82) is 0 Å². The second kappa shape index (κ2) is 6.74. The van der Waals surface area contributed by atoms with Gasteiger partial charge in [0, 0.05) is 23.4 Å². The second-order valence-electron chi connectivity index (χ2n) is 6.52. The summed E-state index contributed by atoms with van der Waals surface area (Å²) in [5.41, 5.74) is 2.33. The van der Waals surface area contributed by atoms with Crippen molar-refractivity contribution in [3.05, 3.63) is 54.1 Å². The minimum Gasteiger partial charge on any atom is -0.453 e. The number of benzene rings is 2. The van der Waals surface area contributed by atoms with E-state index in [1.807, 2.05) is 49.4 Å². The van der Waals surface area contributed by atoms with Gasteiger partial charge in [0.15, 0.2) is 11.5 Å². The summed E-state index contributed by atoms with van der Waals surface area (Å²) in [6, 6.07) is 14.8. The zero-order valence-corrected chi connectivity index (χ0v) is 15.5. The number of aryl methyl sites for hydroxylation is 1. The minimum atomic E-state index is -1.11. The average molecular weight is 382 g/mol. The van der Waals surface area contributed by atoms with Crippen LogP contribution in [0.15, 0.2) is 53.4 Å². The molecule has 2 amide bonds. The van der Waals surface area contributed by atoms with E-state index in [1.165, 1.54) is 16.7 Å². The number of thioether (sulfide) groups is 1. The monoisotopic (exact) mass is 382 g/mol. The van der Waals surface area contributed by atoms with Crippen molar-refractivity contribution in [3.8, 4) is 0 Å². The number of carbonyl (C=O) groups excluding carboxylic acids is 3. The Hall–Kier alpha value is -2.80. The molecule has 138 valence electrons. The van der Waals surface area contributed by atoms with Crippen LogP contribution < -0.4 is 10.2 Å². The van der Waals surface area contributed by atoms with Crippen LogP contribution in [0.1, 0.15) is 18.4 Å². The van der Waals surface area contributed by atoms with Crippen LogP contribution in [0.4, 0.5) is 11.4 Å². The number of nitrogens with zero attached hydrogens (tertiary/aromatic N) is 1. The van der Waals surface area contributed by atoms with Gasteiger partial charge in [-0.25, -0.2) is 4.79 Å². The smallest absolute Gasteiger partial charge is 0.344 e. The zero-order chi connectivity index (χ0) is 19.0. The number of anilines is 2. The average Bonchev–Trinajstić information content (AvgIpc) is 3.17. The van der Waals surface area contributed by atoms with Gasteiger partial charge in [-0.3, -0.25) is 14.5 Å². The molecule has 0 saturated carbocycles. The summed E-state index contributed by atoms with van der Waals surface area (Å²) in [5, 5.41) is 2.74. The van der Waals surface area contributed by atoms with Crippen molar-refractivity contribution >= 4 is 40.9 Å². The van der Waals surface area contributed by atoms with Crippen LogP contribution in [-0.4, -0.2) is 29.3 Å². The molecule has 2 aliphatic rings. The molecule has 0 radical (unpaired) electrons. The number of fused-ring (bicyclic) bond motifs is 3. The van der Waals surface area contributed by atoms with Gasteiger partial charge in [-0.05, 0) is 30.7 Å². The topological polar surface area (TPSA) is 75.7 Å². The Labute approximate surface area is 160 Å². The van der Waals surface area contributed by atoms with Crippen molar-refractivity contribution in [1.82, 2.24) is 0 Å². The lowest BCUT2D eigenvalue weighted by Gasteiger charge is -2.28. The predicted molar refractivity (Wildman–Crippen MR) is 103 cm³/mol.